The van der Waals surface area contributed by atoms with Gasteiger partial charge in [-0.2, -0.15) is 0 Å². The summed E-state index contributed by atoms with van der Waals surface area (Å²) < 4.78 is 5.13. The smallest absolute Gasteiger partial charge is 0.315 e. The van der Waals surface area contributed by atoms with E-state index in [1.54, 1.807) is 24.3 Å². The number of hydrogen-bond acceptors (Lipinski definition) is 4. The number of urea groups is 1. The molecule has 0 aliphatic heterocycles. The summed E-state index contributed by atoms with van der Waals surface area (Å²) in [4.78, 5) is 11.7. The van der Waals surface area contributed by atoms with Crippen LogP contribution in [-0.2, 0) is 6.54 Å². The van der Waals surface area contributed by atoms with Crippen LogP contribution in [-0.4, -0.2) is 22.8 Å². The highest BCUT2D eigenvalue weighted by Crippen LogP contribution is 2.16. The molecule has 2 amide bonds. The average molecular weight is 338 g/mol. The molecule has 2 rings (SSSR count). The number of nitrogens with one attached hydrogen (secondary N) is 2. The molecule has 0 bridgehead atoms. The maximum atomic E-state index is 11.7. The van der Waals surface area contributed by atoms with E-state index >= 15 is 0 Å². The van der Waals surface area contributed by atoms with Crippen LogP contribution in [0.5, 0.6) is 0 Å². The van der Waals surface area contributed by atoms with Crippen molar-refractivity contribution in [3.8, 4) is 0 Å². The zero-order valence-electron chi connectivity index (χ0n) is 13.0. The Hall–Kier alpha value is -2.05. The lowest BCUT2D eigenvalue weighted by Gasteiger charge is -2.12. The van der Waals surface area contributed by atoms with Crippen molar-refractivity contribution in [1.29, 1.82) is 0 Å². The molecule has 124 valence electrons. The maximum absolute atomic E-state index is 11.7. The van der Waals surface area contributed by atoms with Crippen molar-refractivity contribution in [3.05, 3.63) is 52.4 Å². The van der Waals surface area contributed by atoms with E-state index in [0.29, 0.717) is 16.3 Å². The van der Waals surface area contributed by atoms with Crippen molar-refractivity contribution in [2.45, 2.75) is 32.4 Å². The molecule has 0 radical (unpaired) electrons. The summed E-state index contributed by atoms with van der Waals surface area (Å²) in [6, 6.07) is 8.24. The number of nitrogens with zero attached hydrogens (tertiary/aromatic N) is 1. The lowest BCUT2D eigenvalue weighted by molar-refractivity contribution is 0.173. The van der Waals surface area contributed by atoms with Crippen LogP contribution < -0.4 is 10.6 Å². The molecule has 0 aliphatic rings. The van der Waals surface area contributed by atoms with Crippen LogP contribution >= 0.6 is 11.6 Å². The third-order valence-electron chi connectivity index (χ3n) is 3.30. The molecular formula is C16H20ClN3O3. The van der Waals surface area contributed by atoms with Gasteiger partial charge in [-0.1, -0.05) is 42.7 Å². The van der Waals surface area contributed by atoms with Crippen molar-refractivity contribution < 1.29 is 14.4 Å². The van der Waals surface area contributed by atoms with E-state index in [9.17, 15) is 9.90 Å². The van der Waals surface area contributed by atoms with Gasteiger partial charge >= 0.3 is 6.03 Å². The molecule has 1 atom stereocenters. The summed E-state index contributed by atoms with van der Waals surface area (Å²) in [5.41, 5.74) is 1.53. The van der Waals surface area contributed by atoms with Crippen molar-refractivity contribution in [1.82, 2.24) is 15.8 Å². The van der Waals surface area contributed by atoms with E-state index in [2.05, 4.69) is 15.8 Å². The van der Waals surface area contributed by atoms with Crippen LogP contribution in [0.4, 0.5) is 4.79 Å². The molecule has 0 saturated heterocycles. The summed E-state index contributed by atoms with van der Waals surface area (Å²) in [5.74, 6) is 0.859. The highest BCUT2D eigenvalue weighted by atomic mass is 35.5. The Morgan fingerprint density at radius 1 is 1.30 bits per heavy atom. The molecule has 3 N–H and O–H groups in total. The third-order valence-corrected chi connectivity index (χ3v) is 3.55. The van der Waals surface area contributed by atoms with Crippen molar-refractivity contribution in [3.63, 3.8) is 0 Å². The average Bonchev–Trinajstić information content (AvgIpc) is 3.00. The number of hydrogen-bond donors (Lipinski definition) is 3. The van der Waals surface area contributed by atoms with Gasteiger partial charge in [-0.15, -0.1) is 0 Å². The summed E-state index contributed by atoms with van der Waals surface area (Å²) in [5, 5.41) is 19.8. The monoisotopic (exact) mass is 337 g/mol. The molecule has 1 aromatic carbocycles. The Balaban J connectivity index is 1.75. The third kappa shape index (κ3) is 5.26. The number of carbonyl (C=O) groups excluding carboxylic acids is 1. The van der Waals surface area contributed by atoms with Gasteiger partial charge in [0.15, 0.2) is 5.76 Å². The van der Waals surface area contributed by atoms with Crippen LogP contribution in [0.1, 0.15) is 42.9 Å². The molecule has 0 spiro atoms. The predicted molar refractivity (Wildman–Crippen MR) is 87.2 cm³/mol. The van der Waals surface area contributed by atoms with Gasteiger partial charge in [0.05, 0.1) is 18.3 Å². The number of aliphatic hydroxyl groups is 1. The van der Waals surface area contributed by atoms with Crippen molar-refractivity contribution in [2.75, 3.05) is 6.54 Å². The minimum atomic E-state index is -0.796. The summed E-state index contributed by atoms with van der Waals surface area (Å²) in [6.07, 6.45) is -0.796. The van der Waals surface area contributed by atoms with Gasteiger partial charge in [0, 0.05) is 17.6 Å². The molecule has 0 fully saturated rings. The second-order valence-corrected chi connectivity index (χ2v) is 5.94. The molecule has 0 saturated carbocycles. The summed E-state index contributed by atoms with van der Waals surface area (Å²) >= 11 is 5.79. The standard InChI is InChI=1S/C16H20ClN3O3/c1-10(2)14-7-13(23-20-14)8-18-16(22)19-9-15(21)11-3-5-12(17)6-4-11/h3-7,10,15,21H,8-9H2,1-2H3,(H2,18,19,22). The van der Waals surface area contributed by atoms with Crippen molar-refractivity contribution >= 4 is 17.6 Å². The van der Waals surface area contributed by atoms with E-state index < -0.39 is 6.10 Å². The molecular weight excluding hydrogens is 318 g/mol. The number of benzene rings is 1. The first-order chi connectivity index (χ1) is 11.0. The number of aromatic nitrogens is 1. The van der Waals surface area contributed by atoms with Gasteiger partial charge in [-0.3, -0.25) is 0 Å². The van der Waals surface area contributed by atoms with E-state index in [-0.39, 0.29) is 25.0 Å². The Morgan fingerprint density at radius 3 is 2.61 bits per heavy atom. The molecule has 7 heteroatoms. The van der Waals surface area contributed by atoms with E-state index in [1.807, 2.05) is 19.9 Å². The first-order valence-corrected chi connectivity index (χ1v) is 7.74. The second-order valence-electron chi connectivity index (χ2n) is 5.50. The van der Waals surface area contributed by atoms with Gasteiger partial charge in [0.2, 0.25) is 0 Å². The van der Waals surface area contributed by atoms with E-state index in [4.69, 9.17) is 16.1 Å². The summed E-state index contributed by atoms with van der Waals surface area (Å²) in [7, 11) is 0. The molecule has 6 nitrogen and oxygen atoms in total. The topological polar surface area (TPSA) is 87.4 Å². The SMILES string of the molecule is CC(C)c1cc(CNC(=O)NCC(O)c2ccc(Cl)cc2)on1. The highest BCUT2D eigenvalue weighted by Gasteiger charge is 2.11. The lowest BCUT2D eigenvalue weighted by atomic mass is 10.1. The molecule has 2 aromatic rings. The fourth-order valence-corrected chi connectivity index (χ4v) is 2.03. The molecule has 0 aliphatic carbocycles. The first-order valence-electron chi connectivity index (χ1n) is 7.36. The quantitative estimate of drug-likeness (QED) is 0.756. The van der Waals surface area contributed by atoms with Crippen molar-refractivity contribution in [2.24, 2.45) is 0 Å². The molecule has 23 heavy (non-hydrogen) atoms. The van der Waals surface area contributed by atoms with Gasteiger partial charge in [0.1, 0.15) is 0 Å². The maximum Gasteiger partial charge on any atom is 0.315 e. The molecule has 1 unspecified atom stereocenters. The highest BCUT2D eigenvalue weighted by molar-refractivity contribution is 6.30. The van der Waals surface area contributed by atoms with E-state index in [1.165, 1.54) is 0 Å². The Labute approximate surface area is 139 Å². The van der Waals surface area contributed by atoms with Crippen LogP contribution in [0.3, 0.4) is 0 Å². The van der Waals surface area contributed by atoms with Crippen LogP contribution in [0.2, 0.25) is 5.02 Å². The zero-order chi connectivity index (χ0) is 16.8. The Bertz CT molecular complexity index is 640. The minimum Gasteiger partial charge on any atom is -0.387 e. The zero-order valence-corrected chi connectivity index (χ0v) is 13.8. The Kier molecular flexibility index (Phi) is 6.01. The Morgan fingerprint density at radius 2 is 2.00 bits per heavy atom. The van der Waals surface area contributed by atoms with Gasteiger partial charge in [-0.05, 0) is 23.6 Å². The van der Waals surface area contributed by atoms with Crippen LogP contribution in [0.15, 0.2) is 34.9 Å². The van der Waals surface area contributed by atoms with Gasteiger partial charge in [-0.25, -0.2) is 4.79 Å². The number of rotatable bonds is 6. The largest absolute Gasteiger partial charge is 0.387 e. The number of aliphatic hydroxyl groups excluding tert-OH is 1. The summed E-state index contributed by atoms with van der Waals surface area (Å²) in [6.45, 7) is 4.36. The van der Waals surface area contributed by atoms with Crippen LogP contribution in [0, 0.1) is 0 Å². The van der Waals surface area contributed by atoms with Crippen LogP contribution in [0.25, 0.3) is 0 Å². The number of carbonyl (C=O) groups is 1. The number of halogens is 1. The lowest BCUT2D eigenvalue weighted by Crippen LogP contribution is -2.37. The fourth-order valence-electron chi connectivity index (χ4n) is 1.91. The van der Waals surface area contributed by atoms with Gasteiger partial charge in [0.25, 0.3) is 0 Å². The first kappa shape index (κ1) is 17.3. The van der Waals surface area contributed by atoms with Gasteiger partial charge < -0.3 is 20.3 Å². The molecule has 1 heterocycles. The fraction of sp³-hybridized carbons (Fsp3) is 0.375. The number of amides is 2. The normalized spacial score (nSPS) is 12.2. The predicted octanol–water partition coefficient (Wildman–Crippen LogP) is 2.98. The minimum absolute atomic E-state index is 0.0983. The van der Waals surface area contributed by atoms with E-state index in [0.717, 1.165) is 5.69 Å². The second kappa shape index (κ2) is 7.99. The molecule has 1 aromatic heterocycles.